The van der Waals surface area contributed by atoms with E-state index < -0.39 is 4.97 Å². The number of halogens is 2. The molecule has 0 atom stereocenters. The van der Waals surface area contributed by atoms with E-state index in [1.807, 2.05) is 20.8 Å². The molecule has 0 bridgehead atoms. The normalized spacial score (nSPS) is 13.9. The lowest BCUT2D eigenvalue weighted by Crippen LogP contribution is -2.14. The second kappa shape index (κ2) is 3.06. The summed E-state index contributed by atoms with van der Waals surface area (Å²) in [5.74, 6) is 0. The van der Waals surface area contributed by atoms with Gasteiger partial charge >= 0.3 is 0 Å². The summed E-state index contributed by atoms with van der Waals surface area (Å²) in [4.78, 5) is -2.51. The topological polar surface area (TPSA) is 9.23 Å². The summed E-state index contributed by atoms with van der Waals surface area (Å²) in [5, 5.41) is 0. The van der Waals surface area contributed by atoms with E-state index in [2.05, 4.69) is 11.8 Å². The molecule has 0 saturated carbocycles. The number of hydrogen-bond acceptors (Lipinski definition) is 2. The zero-order valence-electron chi connectivity index (χ0n) is 5.52. The van der Waals surface area contributed by atoms with Gasteiger partial charge in [-0.1, -0.05) is 0 Å². The predicted molar refractivity (Wildman–Crippen MR) is 46.8 cm³/mol. The molecule has 0 N–H and O–H groups in total. The average Bonchev–Trinajstić information content (AvgIpc) is 1.14. The average molecular weight is 207 g/mol. The van der Waals surface area contributed by atoms with Crippen LogP contribution >= 0.6 is 27.5 Å². The van der Waals surface area contributed by atoms with E-state index in [9.17, 15) is 0 Å². The molecule has 0 spiro atoms. The molecular formula is C4H9Cl2OPS. The quantitative estimate of drug-likeness (QED) is 0.608. The van der Waals surface area contributed by atoms with Crippen LogP contribution in [-0.4, -0.2) is 5.60 Å². The molecule has 0 amide bonds. The van der Waals surface area contributed by atoms with E-state index >= 15 is 0 Å². The molecule has 0 heterocycles. The molecule has 0 aromatic carbocycles. The van der Waals surface area contributed by atoms with Gasteiger partial charge in [0.25, 0.3) is 0 Å². The Labute approximate surface area is 70.3 Å². The Bertz CT molecular complexity index is 136. The maximum atomic E-state index is 5.49. The zero-order valence-corrected chi connectivity index (χ0v) is 8.74. The Balaban J connectivity index is 3.90. The fourth-order valence-corrected chi connectivity index (χ4v) is 2.87. The highest BCUT2D eigenvalue weighted by Gasteiger charge is 2.19. The van der Waals surface area contributed by atoms with Crippen LogP contribution in [0.3, 0.4) is 0 Å². The third kappa shape index (κ3) is 9.19. The summed E-state index contributed by atoms with van der Waals surface area (Å²) < 4.78 is 5.08. The van der Waals surface area contributed by atoms with E-state index in [0.717, 1.165) is 0 Å². The number of rotatable bonds is 1. The molecule has 0 aliphatic carbocycles. The van der Waals surface area contributed by atoms with Crippen LogP contribution in [0.15, 0.2) is 0 Å². The maximum absolute atomic E-state index is 5.49. The van der Waals surface area contributed by atoms with Gasteiger partial charge in [0.2, 0.25) is 4.97 Å². The lowest BCUT2D eigenvalue weighted by molar-refractivity contribution is 0.158. The van der Waals surface area contributed by atoms with Crippen LogP contribution in [0.1, 0.15) is 20.8 Å². The molecule has 0 aliphatic heterocycles. The molecule has 0 fully saturated rings. The van der Waals surface area contributed by atoms with Crippen LogP contribution in [0.5, 0.6) is 0 Å². The van der Waals surface area contributed by atoms with Gasteiger partial charge in [-0.3, -0.25) is 0 Å². The molecule has 1 nitrogen and oxygen atoms in total. The van der Waals surface area contributed by atoms with Crippen molar-refractivity contribution in [2.24, 2.45) is 0 Å². The van der Waals surface area contributed by atoms with E-state index in [4.69, 9.17) is 27.0 Å². The standard InChI is InChI=1S/C4H9Cl2OPS/c1-4(2,3)7-8(5,6)9/h1-3H3. The molecule has 56 valence electrons. The van der Waals surface area contributed by atoms with Gasteiger partial charge in [-0.2, -0.15) is 0 Å². The maximum Gasteiger partial charge on any atom is 0.240 e. The molecule has 0 rings (SSSR count). The Morgan fingerprint density at radius 1 is 1.33 bits per heavy atom. The molecule has 0 unspecified atom stereocenters. The van der Waals surface area contributed by atoms with Gasteiger partial charge in [-0.15, -0.1) is 0 Å². The van der Waals surface area contributed by atoms with Crippen LogP contribution in [0.4, 0.5) is 0 Å². The zero-order chi connectivity index (χ0) is 7.71. The lowest BCUT2D eigenvalue weighted by Gasteiger charge is -2.21. The molecule has 5 heteroatoms. The van der Waals surface area contributed by atoms with Gasteiger partial charge in [0, 0.05) is 0 Å². The Hall–Kier alpha value is 1.19. The second-order valence-corrected chi connectivity index (χ2v) is 9.75. The van der Waals surface area contributed by atoms with Crippen molar-refractivity contribution in [3.05, 3.63) is 0 Å². The molecule has 0 aliphatic rings. The van der Waals surface area contributed by atoms with Gasteiger partial charge in [0.05, 0.1) is 5.60 Å². The van der Waals surface area contributed by atoms with Crippen LogP contribution in [-0.2, 0) is 16.3 Å². The van der Waals surface area contributed by atoms with Crippen molar-refractivity contribution in [2.75, 3.05) is 0 Å². The first-order valence-electron chi connectivity index (χ1n) is 2.41. The fourth-order valence-electron chi connectivity index (χ4n) is 0.319. The summed E-state index contributed by atoms with van der Waals surface area (Å²) in [6.07, 6.45) is 0. The van der Waals surface area contributed by atoms with Crippen molar-refractivity contribution in [1.82, 2.24) is 0 Å². The number of hydrogen-bond donors (Lipinski definition) is 0. The van der Waals surface area contributed by atoms with Gasteiger partial charge in [0.1, 0.15) is 0 Å². The molecule has 9 heavy (non-hydrogen) atoms. The molecule has 0 saturated heterocycles. The van der Waals surface area contributed by atoms with Crippen molar-refractivity contribution in [3.8, 4) is 0 Å². The summed E-state index contributed by atoms with van der Waals surface area (Å²) in [5.41, 5.74) is -0.334. The smallest absolute Gasteiger partial charge is 0.240 e. The van der Waals surface area contributed by atoms with E-state index in [-0.39, 0.29) is 5.60 Å². The Kier molecular flexibility index (Phi) is 3.47. The Morgan fingerprint density at radius 3 is 1.67 bits per heavy atom. The summed E-state index contributed by atoms with van der Waals surface area (Å²) in [7, 11) is 0. The molecular weight excluding hydrogens is 198 g/mol. The highest BCUT2D eigenvalue weighted by Crippen LogP contribution is 2.60. The minimum Gasteiger partial charge on any atom is -0.321 e. The first kappa shape index (κ1) is 10.2. The minimum absolute atomic E-state index is 0.334. The largest absolute Gasteiger partial charge is 0.321 e. The second-order valence-electron chi connectivity index (χ2n) is 2.62. The van der Waals surface area contributed by atoms with Crippen molar-refractivity contribution in [2.45, 2.75) is 26.4 Å². The van der Waals surface area contributed by atoms with Gasteiger partial charge < -0.3 is 4.52 Å². The highest BCUT2D eigenvalue weighted by atomic mass is 35.9. The van der Waals surface area contributed by atoms with E-state index in [1.54, 1.807) is 0 Å². The summed E-state index contributed by atoms with van der Waals surface area (Å²) in [6.45, 7) is 5.58. The third-order valence-electron chi connectivity index (χ3n) is 0.380. The van der Waals surface area contributed by atoms with E-state index in [0.29, 0.717) is 0 Å². The van der Waals surface area contributed by atoms with Crippen molar-refractivity contribution >= 4 is 39.3 Å². The van der Waals surface area contributed by atoms with Crippen LogP contribution in [0, 0.1) is 0 Å². The van der Waals surface area contributed by atoms with Crippen molar-refractivity contribution < 1.29 is 4.52 Å². The van der Waals surface area contributed by atoms with Gasteiger partial charge in [-0.25, -0.2) is 0 Å². The fraction of sp³-hybridized carbons (Fsp3) is 1.00. The van der Waals surface area contributed by atoms with Gasteiger partial charge in [-0.05, 0) is 55.1 Å². The van der Waals surface area contributed by atoms with Crippen molar-refractivity contribution in [1.29, 1.82) is 0 Å². The van der Waals surface area contributed by atoms with Crippen LogP contribution in [0.2, 0.25) is 0 Å². The first-order valence-corrected chi connectivity index (χ1v) is 6.94. The SMILES string of the molecule is CC(C)(C)OP(=S)(Cl)Cl. The highest BCUT2D eigenvalue weighted by molar-refractivity contribution is 8.36. The monoisotopic (exact) mass is 206 g/mol. The first-order chi connectivity index (χ1) is 3.71. The molecule has 0 aromatic rings. The van der Waals surface area contributed by atoms with Crippen LogP contribution < -0.4 is 0 Å². The Morgan fingerprint density at radius 2 is 1.67 bits per heavy atom. The minimum atomic E-state index is -2.51. The summed E-state index contributed by atoms with van der Waals surface area (Å²) in [6, 6.07) is 0. The molecule has 0 radical (unpaired) electrons. The van der Waals surface area contributed by atoms with Crippen molar-refractivity contribution in [3.63, 3.8) is 0 Å². The third-order valence-corrected chi connectivity index (χ3v) is 1.78. The molecule has 0 aromatic heterocycles. The van der Waals surface area contributed by atoms with Crippen LogP contribution in [0.25, 0.3) is 0 Å². The van der Waals surface area contributed by atoms with Gasteiger partial charge in [0.15, 0.2) is 0 Å². The summed E-state index contributed by atoms with van der Waals surface area (Å²) >= 11 is 15.6. The predicted octanol–water partition coefficient (Wildman–Crippen LogP) is 3.50. The lowest BCUT2D eigenvalue weighted by atomic mass is 10.2. The van der Waals surface area contributed by atoms with E-state index in [1.165, 1.54) is 0 Å².